The molecule has 0 atom stereocenters. The summed E-state index contributed by atoms with van der Waals surface area (Å²) in [6, 6.07) is 5.41. The molecule has 0 radical (unpaired) electrons. The summed E-state index contributed by atoms with van der Waals surface area (Å²) in [5, 5.41) is 3.65. The van der Waals surface area contributed by atoms with Gasteiger partial charge in [-0.1, -0.05) is 18.5 Å². The van der Waals surface area contributed by atoms with Crippen LogP contribution >= 0.6 is 11.6 Å². The van der Waals surface area contributed by atoms with Crippen LogP contribution in [0.5, 0.6) is 5.75 Å². The van der Waals surface area contributed by atoms with Crippen LogP contribution in [0.15, 0.2) is 18.2 Å². The summed E-state index contributed by atoms with van der Waals surface area (Å²) in [6.07, 6.45) is 0. The molecule has 1 aromatic carbocycles. The fraction of sp³-hybridized carbons (Fsp3) is 0.533. The number of ether oxygens (including phenoxy) is 1. The predicted octanol–water partition coefficient (Wildman–Crippen LogP) is 1.92. The first-order valence-corrected chi connectivity index (χ1v) is 7.59. The monoisotopic (exact) mass is 311 g/mol. The van der Waals surface area contributed by atoms with Crippen molar-refractivity contribution in [3.63, 3.8) is 0 Å². The molecule has 116 valence electrons. The number of anilines is 1. The lowest BCUT2D eigenvalue weighted by Crippen LogP contribution is -2.49. The molecule has 1 fully saturated rings. The highest BCUT2D eigenvalue weighted by atomic mass is 35.5. The summed E-state index contributed by atoms with van der Waals surface area (Å²) in [6.45, 7) is 6.99. The Labute approximate surface area is 130 Å². The summed E-state index contributed by atoms with van der Waals surface area (Å²) >= 11 is 6.06. The zero-order chi connectivity index (χ0) is 15.2. The molecular weight excluding hydrogens is 290 g/mol. The highest BCUT2D eigenvalue weighted by molar-refractivity contribution is 6.32. The molecule has 0 aromatic heterocycles. The second-order valence-corrected chi connectivity index (χ2v) is 5.43. The van der Waals surface area contributed by atoms with Crippen LogP contribution in [0, 0.1) is 0 Å². The molecule has 2 rings (SSSR count). The molecule has 1 amide bonds. The lowest BCUT2D eigenvalue weighted by Gasteiger charge is -2.34. The van der Waals surface area contributed by atoms with Crippen molar-refractivity contribution in [2.75, 3.05) is 51.7 Å². The molecule has 0 spiro atoms. The van der Waals surface area contributed by atoms with Crippen LogP contribution in [0.25, 0.3) is 0 Å². The van der Waals surface area contributed by atoms with Gasteiger partial charge in [0.25, 0.3) is 0 Å². The molecule has 1 heterocycles. The van der Waals surface area contributed by atoms with Crippen LogP contribution in [0.2, 0.25) is 5.02 Å². The summed E-state index contributed by atoms with van der Waals surface area (Å²) in [5.41, 5.74) is 0.821. The van der Waals surface area contributed by atoms with Gasteiger partial charge in [-0.15, -0.1) is 0 Å². The zero-order valence-electron chi connectivity index (χ0n) is 12.6. The second kappa shape index (κ2) is 7.52. The van der Waals surface area contributed by atoms with Crippen LogP contribution in [-0.4, -0.2) is 62.1 Å². The molecule has 0 unspecified atom stereocenters. The Morgan fingerprint density at radius 3 is 2.62 bits per heavy atom. The summed E-state index contributed by atoms with van der Waals surface area (Å²) in [4.78, 5) is 16.4. The number of hydrogen-bond acceptors (Lipinski definition) is 4. The smallest absolute Gasteiger partial charge is 0.241 e. The first-order valence-electron chi connectivity index (χ1n) is 7.21. The lowest BCUT2D eigenvalue weighted by atomic mass is 10.3. The maximum Gasteiger partial charge on any atom is 0.241 e. The van der Waals surface area contributed by atoms with Crippen molar-refractivity contribution < 1.29 is 9.53 Å². The number of rotatable bonds is 5. The van der Waals surface area contributed by atoms with E-state index < -0.39 is 0 Å². The van der Waals surface area contributed by atoms with Crippen molar-refractivity contribution in [3.8, 4) is 5.75 Å². The molecule has 1 saturated heterocycles. The van der Waals surface area contributed by atoms with Crippen molar-refractivity contribution >= 4 is 23.2 Å². The molecule has 1 aliphatic rings. The number of benzene rings is 1. The molecule has 0 bridgehead atoms. The average molecular weight is 312 g/mol. The average Bonchev–Trinajstić information content (AvgIpc) is 2.52. The fourth-order valence-corrected chi connectivity index (χ4v) is 2.64. The molecule has 6 heteroatoms. The van der Waals surface area contributed by atoms with Gasteiger partial charge >= 0.3 is 0 Å². The maximum absolute atomic E-state index is 12.2. The number of likely N-dealkylation sites (N-methyl/N-ethyl adjacent to an activating group) is 1. The maximum atomic E-state index is 12.2. The number of methoxy groups -OCH3 is 1. The minimum atomic E-state index is 0.123. The molecular formula is C15H22ClN3O2. The van der Waals surface area contributed by atoms with Gasteiger partial charge in [0.15, 0.2) is 0 Å². The number of amides is 1. The van der Waals surface area contributed by atoms with Gasteiger partial charge in [-0.2, -0.15) is 0 Å². The van der Waals surface area contributed by atoms with Gasteiger partial charge in [-0.05, 0) is 24.7 Å². The van der Waals surface area contributed by atoms with Crippen molar-refractivity contribution in [2.45, 2.75) is 6.92 Å². The summed E-state index contributed by atoms with van der Waals surface area (Å²) in [7, 11) is 1.58. The van der Waals surface area contributed by atoms with E-state index in [9.17, 15) is 4.79 Å². The Balaban J connectivity index is 1.83. The fourth-order valence-electron chi connectivity index (χ4n) is 2.38. The van der Waals surface area contributed by atoms with Gasteiger partial charge < -0.3 is 19.9 Å². The molecule has 0 saturated carbocycles. The van der Waals surface area contributed by atoms with E-state index in [-0.39, 0.29) is 12.5 Å². The predicted molar refractivity (Wildman–Crippen MR) is 85.2 cm³/mol. The van der Waals surface area contributed by atoms with Crippen LogP contribution in [0.3, 0.4) is 0 Å². The molecule has 21 heavy (non-hydrogen) atoms. The van der Waals surface area contributed by atoms with Crippen molar-refractivity contribution in [1.82, 2.24) is 9.80 Å². The number of carbonyl (C=O) groups excluding carboxylic acids is 1. The molecule has 1 aliphatic heterocycles. The number of nitrogens with one attached hydrogen (secondary N) is 1. The van der Waals surface area contributed by atoms with Crippen LogP contribution < -0.4 is 10.1 Å². The lowest BCUT2D eigenvalue weighted by molar-refractivity contribution is -0.131. The van der Waals surface area contributed by atoms with Crippen molar-refractivity contribution in [3.05, 3.63) is 23.2 Å². The number of nitrogens with zero attached hydrogens (tertiary/aromatic N) is 2. The zero-order valence-corrected chi connectivity index (χ0v) is 13.3. The van der Waals surface area contributed by atoms with Gasteiger partial charge in [-0.3, -0.25) is 4.79 Å². The van der Waals surface area contributed by atoms with Gasteiger partial charge in [0, 0.05) is 31.9 Å². The van der Waals surface area contributed by atoms with Crippen molar-refractivity contribution in [2.24, 2.45) is 0 Å². The quantitative estimate of drug-likeness (QED) is 0.902. The van der Waals surface area contributed by atoms with E-state index in [4.69, 9.17) is 16.3 Å². The third-order valence-electron chi connectivity index (χ3n) is 3.77. The minimum absolute atomic E-state index is 0.123. The van der Waals surface area contributed by atoms with Crippen LogP contribution in [-0.2, 0) is 4.79 Å². The number of halogens is 1. The van der Waals surface area contributed by atoms with Crippen LogP contribution in [0.4, 0.5) is 5.69 Å². The topological polar surface area (TPSA) is 44.8 Å². The Morgan fingerprint density at radius 2 is 2.05 bits per heavy atom. The molecule has 1 aromatic rings. The Bertz CT molecular complexity index is 488. The van der Waals surface area contributed by atoms with E-state index in [2.05, 4.69) is 17.1 Å². The highest BCUT2D eigenvalue weighted by Gasteiger charge is 2.19. The van der Waals surface area contributed by atoms with E-state index >= 15 is 0 Å². The largest absolute Gasteiger partial charge is 0.495 e. The van der Waals surface area contributed by atoms with Gasteiger partial charge in [0.05, 0.1) is 18.7 Å². The molecule has 1 N–H and O–H groups in total. The second-order valence-electron chi connectivity index (χ2n) is 5.02. The first-order chi connectivity index (χ1) is 10.1. The normalized spacial score (nSPS) is 15.9. The van der Waals surface area contributed by atoms with E-state index in [1.165, 1.54) is 0 Å². The standard InChI is InChI=1S/C15H22ClN3O2/c1-3-18-6-8-19(9-7-18)15(20)11-17-12-4-5-14(21-2)13(16)10-12/h4-5,10,17H,3,6-9,11H2,1-2H3. The Kier molecular flexibility index (Phi) is 5.70. The van der Waals surface area contributed by atoms with E-state index in [0.717, 1.165) is 38.4 Å². The SMILES string of the molecule is CCN1CCN(C(=O)CNc2ccc(OC)c(Cl)c2)CC1. The van der Waals surface area contributed by atoms with Gasteiger partial charge in [0.2, 0.25) is 5.91 Å². The summed E-state index contributed by atoms with van der Waals surface area (Å²) < 4.78 is 5.10. The highest BCUT2D eigenvalue weighted by Crippen LogP contribution is 2.27. The molecule has 0 aliphatic carbocycles. The Hall–Kier alpha value is -1.46. The third kappa shape index (κ3) is 4.25. The number of hydrogen-bond donors (Lipinski definition) is 1. The van der Waals surface area contributed by atoms with Crippen LogP contribution in [0.1, 0.15) is 6.92 Å². The molecule has 5 nitrogen and oxygen atoms in total. The third-order valence-corrected chi connectivity index (χ3v) is 4.06. The first kappa shape index (κ1) is 15.9. The van der Waals surface area contributed by atoms with E-state index in [1.807, 2.05) is 11.0 Å². The number of carbonyl (C=O) groups is 1. The van der Waals surface area contributed by atoms with Crippen molar-refractivity contribution in [1.29, 1.82) is 0 Å². The Morgan fingerprint density at radius 1 is 1.33 bits per heavy atom. The van der Waals surface area contributed by atoms with E-state index in [1.54, 1.807) is 19.2 Å². The van der Waals surface area contributed by atoms with Gasteiger partial charge in [-0.25, -0.2) is 0 Å². The van der Waals surface area contributed by atoms with E-state index in [0.29, 0.717) is 10.8 Å². The van der Waals surface area contributed by atoms with Gasteiger partial charge in [0.1, 0.15) is 5.75 Å². The number of piperazine rings is 1. The minimum Gasteiger partial charge on any atom is -0.495 e. The summed E-state index contributed by atoms with van der Waals surface area (Å²) in [5.74, 6) is 0.752.